The summed E-state index contributed by atoms with van der Waals surface area (Å²) in [5, 5.41) is 0. The van der Waals surface area contributed by atoms with Crippen LogP contribution in [0.3, 0.4) is 0 Å². The van der Waals surface area contributed by atoms with Crippen molar-refractivity contribution in [2.24, 2.45) is 0 Å². The Morgan fingerprint density at radius 3 is 1.42 bits per heavy atom. The molecule has 3 aromatic rings. The summed E-state index contributed by atoms with van der Waals surface area (Å²) in [7, 11) is 0. The predicted octanol–water partition coefficient (Wildman–Crippen LogP) is 3.78. The van der Waals surface area contributed by atoms with Gasteiger partial charge in [-0.1, -0.05) is 36.4 Å². The second-order valence-corrected chi connectivity index (χ2v) is 4.37. The molecule has 0 bridgehead atoms. The highest BCUT2D eigenvalue weighted by atomic mass is 16.3. The molecule has 0 radical (unpaired) electrons. The first-order chi connectivity index (χ1) is 9.27. The molecule has 0 unspecified atom stereocenters. The number of nitrogen functional groups attached to an aromatic ring is 2. The average Bonchev–Trinajstić information content (AvgIpc) is 2.89. The molecule has 19 heavy (non-hydrogen) atoms. The quantitative estimate of drug-likeness (QED) is 0.680. The lowest BCUT2D eigenvalue weighted by Crippen LogP contribution is -1.92. The zero-order valence-corrected chi connectivity index (χ0v) is 10.3. The summed E-state index contributed by atoms with van der Waals surface area (Å²) in [6, 6.07) is 15.4. The van der Waals surface area contributed by atoms with E-state index in [4.69, 9.17) is 15.9 Å². The molecule has 4 N–H and O–H groups in total. The van der Waals surface area contributed by atoms with Gasteiger partial charge in [-0.05, 0) is 12.1 Å². The maximum absolute atomic E-state index is 6.02. The molecule has 0 saturated heterocycles. The molecule has 0 aliphatic carbocycles. The molecule has 0 aliphatic heterocycles. The second-order valence-electron chi connectivity index (χ2n) is 4.37. The molecule has 2 aromatic carbocycles. The van der Waals surface area contributed by atoms with E-state index < -0.39 is 0 Å². The van der Waals surface area contributed by atoms with Crippen molar-refractivity contribution >= 4 is 11.4 Å². The van der Waals surface area contributed by atoms with Gasteiger partial charge in [0.25, 0.3) is 0 Å². The van der Waals surface area contributed by atoms with Gasteiger partial charge in [-0.3, -0.25) is 0 Å². The van der Waals surface area contributed by atoms with Gasteiger partial charge in [0.05, 0.1) is 12.5 Å². The van der Waals surface area contributed by atoms with E-state index >= 15 is 0 Å². The molecule has 0 atom stereocenters. The lowest BCUT2D eigenvalue weighted by atomic mass is 9.97. The zero-order valence-electron chi connectivity index (χ0n) is 10.3. The van der Waals surface area contributed by atoms with Gasteiger partial charge in [-0.2, -0.15) is 0 Å². The van der Waals surface area contributed by atoms with Gasteiger partial charge in [0, 0.05) is 33.6 Å². The Morgan fingerprint density at radius 2 is 1.00 bits per heavy atom. The van der Waals surface area contributed by atoms with E-state index in [9.17, 15) is 0 Å². The Morgan fingerprint density at radius 1 is 0.579 bits per heavy atom. The maximum atomic E-state index is 6.02. The molecule has 3 heteroatoms. The smallest absolute Gasteiger partial charge is 0.0988 e. The van der Waals surface area contributed by atoms with Crippen LogP contribution in [0.1, 0.15) is 0 Å². The van der Waals surface area contributed by atoms with Crippen LogP contribution in [0.5, 0.6) is 0 Å². The molecule has 1 aromatic heterocycles. The fourth-order valence-electron chi connectivity index (χ4n) is 2.20. The molecule has 0 spiro atoms. The minimum atomic E-state index is 0.722. The highest BCUT2D eigenvalue weighted by molar-refractivity contribution is 5.91. The molecule has 94 valence electrons. The SMILES string of the molecule is Nc1ccccc1-c1cocc1-c1ccccc1N. The van der Waals surface area contributed by atoms with Crippen LogP contribution in [-0.2, 0) is 0 Å². The van der Waals surface area contributed by atoms with Crippen LogP contribution in [0.4, 0.5) is 11.4 Å². The van der Waals surface area contributed by atoms with Crippen LogP contribution in [0, 0.1) is 0 Å². The van der Waals surface area contributed by atoms with Crippen LogP contribution < -0.4 is 11.5 Å². The first-order valence-electron chi connectivity index (χ1n) is 6.03. The van der Waals surface area contributed by atoms with Crippen molar-refractivity contribution < 1.29 is 4.42 Å². The van der Waals surface area contributed by atoms with Crippen molar-refractivity contribution in [3.63, 3.8) is 0 Å². The first-order valence-corrected chi connectivity index (χ1v) is 6.03. The number of hydrogen-bond donors (Lipinski definition) is 2. The van der Waals surface area contributed by atoms with Gasteiger partial charge in [0.1, 0.15) is 0 Å². The summed E-state index contributed by atoms with van der Waals surface area (Å²) < 4.78 is 5.35. The molecule has 1 heterocycles. The normalized spacial score (nSPS) is 10.5. The zero-order chi connectivity index (χ0) is 13.2. The molecule has 0 fully saturated rings. The van der Waals surface area contributed by atoms with Gasteiger partial charge in [-0.25, -0.2) is 0 Å². The number of hydrogen-bond acceptors (Lipinski definition) is 3. The summed E-state index contributed by atoms with van der Waals surface area (Å²) in [4.78, 5) is 0. The minimum absolute atomic E-state index is 0.722. The monoisotopic (exact) mass is 250 g/mol. The highest BCUT2D eigenvalue weighted by Gasteiger charge is 2.13. The van der Waals surface area contributed by atoms with Crippen LogP contribution in [0.2, 0.25) is 0 Å². The van der Waals surface area contributed by atoms with E-state index in [2.05, 4.69) is 0 Å². The summed E-state index contributed by atoms with van der Waals surface area (Å²) in [5.41, 5.74) is 17.3. The van der Waals surface area contributed by atoms with E-state index in [1.54, 1.807) is 12.5 Å². The summed E-state index contributed by atoms with van der Waals surface area (Å²) in [6.07, 6.45) is 3.40. The minimum Gasteiger partial charge on any atom is -0.471 e. The van der Waals surface area contributed by atoms with Crippen molar-refractivity contribution in [3.8, 4) is 22.3 Å². The Labute approximate surface area is 111 Å². The molecule has 3 nitrogen and oxygen atoms in total. The number of nitrogens with two attached hydrogens (primary N) is 2. The molecule has 3 rings (SSSR count). The summed E-state index contributed by atoms with van der Waals surface area (Å²) >= 11 is 0. The van der Waals surface area contributed by atoms with E-state index in [-0.39, 0.29) is 0 Å². The second kappa shape index (κ2) is 4.53. The van der Waals surface area contributed by atoms with Gasteiger partial charge >= 0.3 is 0 Å². The van der Waals surface area contributed by atoms with Crippen molar-refractivity contribution in [3.05, 3.63) is 61.1 Å². The van der Waals surface area contributed by atoms with Gasteiger partial charge in [0.2, 0.25) is 0 Å². The molecule has 0 aliphatic rings. The highest BCUT2D eigenvalue weighted by Crippen LogP contribution is 2.37. The fourth-order valence-corrected chi connectivity index (χ4v) is 2.20. The molecular weight excluding hydrogens is 236 g/mol. The third-order valence-electron chi connectivity index (χ3n) is 3.16. The van der Waals surface area contributed by atoms with Gasteiger partial charge in [0.15, 0.2) is 0 Å². The van der Waals surface area contributed by atoms with Crippen molar-refractivity contribution in [1.29, 1.82) is 0 Å². The fraction of sp³-hybridized carbons (Fsp3) is 0. The number of rotatable bonds is 2. The third kappa shape index (κ3) is 1.95. The van der Waals surface area contributed by atoms with Gasteiger partial charge in [-0.15, -0.1) is 0 Å². The molecule has 0 saturated carbocycles. The molecule has 0 amide bonds. The lowest BCUT2D eigenvalue weighted by molar-refractivity contribution is 0.569. The number of benzene rings is 2. The van der Waals surface area contributed by atoms with Crippen LogP contribution in [-0.4, -0.2) is 0 Å². The lowest BCUT2D eigenvalue weighted by Gasteiger charge is -2.08. The van der Waals surface area contributed by atoms with Crippen molar-refractivity contribution in [2.45, 2.75) is 0 Å². The summed E-state index contributed by atoms with van der Waals surface area (Å²) in [5.74, 6) is 0. The number of para-hydroxylation sites is 2. The van der Waals surface area contributed by atoms with Gasteiger partial charge < -0.3 is 15.9 Å². The predicted molar refractivity (Wildman–Crippen MR) is 78.4 cm³/mol. The maximum Gasteiger partial charge on any atom is 0.0988 e. The van der Waals surface area contributed by atoms with E-state index in [1.165, 1.54) is 0 Å². The topological polar surface area (TPSA) is 65.2 Å². The average molecular weight is 250 g/mol. The first kappa shape index (κ1) is 11.4. The van der Waals surface area contributed by atoms with Crippen molar-refractivity contribution in [2.75, 3.05) is 11.5 Å². The third-order valence-corrected chi connectivity index (χ3v) is 3.16. The number of furan rings is 1. The number of anilines is 2. The summed E-state index contributed by atoms with van der Waals surface area (Å²) in [6.45, 7) is 0. The Bertz CT molecular complexity index is 656. The van der Waals surface area contributed by atoms with E-state index in [1.807, 2.05) is 48.5 Å². The Hall–Kier alpha value is -2.68. The van der Waals surface area contributed by atoms with Crippen LogP contribution in [0.25, 0.3) is 22.3 Å². The van der Waals surface area contributed by atoms with Crippen LogP contribution >= 0.6 is 0 Å². The molecular formula is C16H14N2O. The van der Waals surface area contributed by atoms with Crippen LogP contribution in [0.15, 0.2) is 65.5 Å². The standard InChI is InChI=1S/C16H14N2O/c17-15-7-3-1-5-11(15)13-9-19-10-14(13)12-6-2-4-8-16(12)18/h1-10H,17-18H2. The van der Waals surface area contributed by atoms with E-state index in [0.717, 1.165) is 33.6 Å². The van der Waals surface area contributed by atoms with Crippen molar-refractivity contribution in [1.82, 2.24) is 0 Å². The Balaban J connectivity index is 2.20. The Kier molecular flexibility index (Phi) is 2.72. The van der Waals surface area contributed by atoms with E-state index in [0.29, 0.717) is 0 Å². The largest absolute Gasteiger partial charge is 0.471 e.